The molecule has 0 aliphatic heterocycles. The molecule has 0 saturated carbocycles. The van der Waals surface area contributed by atoms with Crippen molar-refractivity contribution >= 4 is 0 Å². The number of hydrogen-bond acceptors (Lipinski definition) is 0. The van der Waals surface area contributed by atoms with Gasteiger partial charge >= 0.3 is 0 Å². The van der Waals surface area contributed by atoms with Crippen LogP contribution in [0.5, 0.6) is 0 Å². The fourth-order valence-electron chi connectivity index (χ4n) is 6.87. The summed E-state index contributed by atoms with van der Waals surface area (Å²) in [6.45, 7) is 9.33. The third-order valence-electron chi connectivity index (χ3n) is 9.40. The summed E-state index contributed by atoms with van der Waals surface area (Å²) in [5.74, 6) is 3.30. The second kappa shape index (κ2) is 26.7. The van der Waals surface area contributed by atoms with Gasteiger partial charge in [-0.2, -0.15) is 0 Å². The average molecular weight is 529 g/mol. The van der Waals surface area contributed by atoms with E-state index in [0.717, 1.165) is 23.7 Å². The molecule has 0 nitrogen and oxygen atoms in total. The van der Waals surface area contributed by atoms with Crippen molar-refractivity contribution in [3.63, 3.8) is 0 Å². The lowest BCUT2D eigenvalue weighted by molar-refractivity contribution is 0.196. The van der Waals surface area contributed by atoms with Gasteiger partial charge in [-0.15, -0.1) is 0 Å². The summed E-state index contributed by atoms with van der Waals surface area (Å²) in [6.07, 6.45) is 47.7. The zero-order valence-corrected chi connectivity index (χ0v) is 27.0. The first-order valence-electron chi connectivity index (χ1n) is 18.1. The summed E-state index contributed by atoms with van der Waals surface area (Å²) < 4.78 is 0. The van der Waals surface area contributed by atoms with Crippen LogP contribution in [0.3, 0.4) is 0 Å². The van der Waals surface area contributed by atoms with Gasteiger partial charge in [-0.05, 0) is 55.8 Å². The van der Waals surface area contributed by atoms with E-state index in [4.69, 9.17) is 0 Å². The molecule has 0 aromatic heterocycles. The van der Waals surface area contributed by atoms with E-state index in [1.54, 1.807) is 0 Å². The van der Waals surface area contributed by atoms with E-state index in [2.05, 4.69) is 52.0 Å². The van der Waals surface area contributed by atoms with Crippen LogP contribution in [0.25, 0.3) is 0 Å². The topological polar surface area (TPSA) is 0 Å². The first-order valence-corrected chi connectivity index (χ1v) is 18.1. The third-order valence-corrected chi connectivity index (χ3v) is 9.40. The molecule has 38 heavy (non-hydrogen) atoms. The maximum Gasteiger partial charge on any atom is -0.0137 e. The molecule has 0 fully saturated rings. The molecular weight excluding hydrogens is 456 g/mol. The van der Waals surface area contributed by atoms with Crippen molar-refractivity contribution in [2.24, 2.45) is 23.7 Å². The van der Waals surface area contributed by atoms with Gasteiger partial charge in [-0.3, -0.25) is 0 Å². The highest BCUT2D eigenvalue weighted by Crippen LogP contribution is 2.43. The molecule has 0 spiro atoms. The molecule has 0 aromatic rings. The molecule has 0 heteroatoms. The normalized spacial score (nSPS) is 21.6. The second-order valence-corrected chi connectivity index (χ2v) is 12.9. The largest absolute Gasteiger partial charge is 0.0882 e. The summed E-state index contributed by atoms with van der Waals surface area (Å²) in [6, 6.07) is 0. The lowest BCUT2D eigenvalue weighted by Crippen LogP contribution is -2.30. The standard InChI is InChI=1S/C38H72/c1-5-9-13-17-20-22-26-30-36-34-33-35(29-25-16-12-8-4)37(31-27-23-19-15-11-7-3)38(36)32-28-24-21-18-14-10-6-2/h27,31,33-38H,5-26,28-30,32H2,1-4H3/b31-27+. The molecule has 0 aromatic carbocycles. The summed E-state index contributed by atoms with van der Waals surface area (Å²) in [5, 5.41) is 0. The van der Waals surface area contributed by atoms with Crippen LogP contribution in [0.15, 0.2) is 24.3 Å². The van der Waals surface area contributed by atoms with E-state index in [0.29, 0.717) is 0 Å². The molecule has 4 unspecified atom stereocenters. The second-order valence-electron chi connectivity index (χ2n) is 12.9. The average Bonchev–Trinajstić information content (AvgIpc) is 2.93. The number of allylic oxidation sites excluding steroid dienone is 4. The Balaban J connectivity index is 2.78. The Labute approximate surface area is 242 Å². The molecular formula is C38H72. The molecule has 0 radical (unpaired) electrons. The van der Waals surface area contributed by atoms with Crippen molar-refractivity contribution in [1.82, 2.24) is 0 Å². The van der Waals surface area contributed by atoms with Gasteiger partial charge < -0.3 is 0 Å². The lowest BCUT2D eigenvalue weighted by atomic mass is 9.66. The smallest absolute Gasteiger partial charge is 0.0137 e. The van der Waals surface area contributed by atoms with Crippen LogP contribution in [0.1, 0.15) is 195 Å². The molecule has 0 N–H and O–H groups in total. The quantitative estimate of drug-likeness (QED) is 0.0734. The van der Waals surface area contributed by atoms with Crippen LogP contribution < -0.4 is 0 Å². The fraction of sp³-hybridized carbons (Fsp3) is 0.895. The Morgan fingerprint density at radius 3 is 1.37 bits per heavy atom. The highest BCUT2D eigenvalue weighted by molar-refractivity contribution is 5.10. The predicted molar refractivity (Wildman–Crippen MR) is 175 cm³/mol. The van der Waals surface area contributed by atoms with Crippen LogP contribution in [-0.2, 0) is 0 Å². The van der Waals surface area contributed by atoms with Gasteiger partial charge in [0.15, 0.2) is 0 Å². The van der Waals surface area contributed by atoms with Gasteiger partial charge in [0.1, 0.15) is 0 Å². The Kier molecular flexibility index (Phi) is 24.9. The van der Waals surface area contributed by atoms with Crippen LogP contribution in [0.4, 0.5) is 0 Å². The summed E-state index contributed by atoms with van der Waals surface area (Å²) in [7, 11) is 0. The molecule has 0 amide bonds. The Bertz CT molecular complexity index is 528. The molecule has 0 bridgehead atoms. The molecule has 224 valence electrons. The molecule has 4 atom stereocenters. The van der Waals surface area contributed by atoms with Crippen LogP contribution in [0, 0.1) is 23.7 Å². The molecule has 1 aliphatic rings. The van der Waals surface area contributed by atoms with E-state index in [1.165, 1.54) is 167 Å². The summed E-state index contributed by atoms with van der Waals surface area (Å²) in [5.41, 5.74) is 0. The van der Waals surface area contributed by atoms with Gasteiger partial charge in [0.05, 0.1) is 0 Å². The monoisotopic (exact) mass is 529 g/mol. The Morgan fingerprint density at radius 1 is 0.421 bits per heavy atom. The highest BCUT2D eigenvalue weighted by atomic mass is 14.4. The van der Waals surface area contributed by atoms with Crippen molar-refractivity contribution in [3.8, 4) is 0 Å². The number of unbranched alkanes of at least 4 members (excludes halogenated alkanes) is 19. The first-order chi connectivity index (χ1) is 18.8. The van der Waals surface area contributed by atoms with Gasteiger partial charge in [0, 0.05) is 0 Å². The molecule has 0 saturated heterocycles. The Hall–Kier alpha value is -0.520. The SMILES string of the molecule is CCCCCC/C=C/C1C(CCCCCC)C=CC(CCCCCCCCC)C1CCCCCCCCC. The minimum absolute atomic E-state index is 0.790. The van der Waals surface area contributed by atoms with Gasteiger partial charge in [0.25, 0.3) is 0 Å². The molecule has 1 rings (SSSR count). The predicted octanol–water partition coefficient (Wildman–Crippen LogP) is 13.8. The zero-order valence-electron chi connectivity index (χ0n) is 27.0. The van der Waals surface area contributed by atoms with E-state index in [1.807, 2.05) is 0 Å². The Morgan fingerprint density at radius 2 is 0.816 bits per heavy atom. The van der Waals surface area contributed by atoms with E-state index in [9.17, 15) is 0 Å². The van der Waals surface area contributed by atoms with E-state index < -0.39 is 0 Å². The van der Waals surface area contributed by atoms with Gasteiger partial charge in [-0.25, -0.2) is 0 Å². The van der Waals surface area contributed by atoms with Gasteiger partial charge in [0.2, 0.25) is 0 Å². The lowest BCUT2D eigenvalue weighted by Gasteiger charge is -2.39. The third kappa shape index (κ3) is 17.9. The minimum Gasteiger partial charge on any atom is -0.0882 e. The maximum absolute atomic E-state index is 2.74. The van der Waals surface area contributed by atoms with Crippen LogP contribution in [0.2, 0.25) is 0 Å². The summed E-state index contributed by atoms with van der Waals surface area (Å²) in [4.78, 5) is 0. The van der Waals surface area contributed by atoms with Crippen molar-refractivity contribution in [3.05, 3.63) is 24.3 Å². The highest BCUT2D eigenvalue weighted by Gasteiger charge is 2.33. The van der Waals surface area contributed by atoms with Crippen molar-refractivity contribution in [1.29, 1.82) is 0 Å². The fourth-order valence-corrected chi connectivity index (χ4v) is 6.87. The number of hydrogen-bond donors (Lipinski definition) is 0. The van der Waals surface area contributed by atoms with Crippen molar-refractivity contribution < 1.29 is 0 Å². The van der Waals surface area contributed by atoms with E-state index >= 15 is 0 Å². The molecule has 0 heterocycles. The molecule has 1 aliphatic carbocycles. The van der Waals surface area contributed by atoms with Crippen molar-refractivity contribution in [2.75, 3.05) is 0 Å². The van der Waals surface area contributed by atoms with E-state index in [-0.39, 0.29) is 0 Å². The van der Waals surface area contributed by atoms with Crippen LogP contribution in [-0.4, -0.2) is 0 Å². The summed E-state index contributed by atoms with van der Waals surface area (Å²) >= 11 is 0. The van der Waals surface area contributed by atoms with Gasteiger partial charge in [-0.1, -0.05) is 187 Å². The first kappa shape index (κ1) is 35.5. The van der Waals surface area contributed by atoms with Crippen molar-refractivity contribution in [2.45, 2.75) is 195 Å². The van der Waals surface area contributed by atoms with Crippen LogP contribution >= 0.6 is 0 Å². The number of rotatable bonds is 27. The minimum atomic E-state index is 0.790. The zero-order chi connectivity index (χ0) is 27.5. The maximum atomic E-state index is 2.74.